The van der Waals surface area contributed by atoms with E-state index < -0.39 is 0 Å². The highest BCUT2D eigenvalue weighted by atomic mass is 16.1. The molecule has 0 aliphatic carbocycles. The molecule has 1 saturated heterocycles. The van der Waals surface area contributed by atoms with Crippen LogP contribution in [0, 0.1) is 6.92 Å². The largest absolute Gasteiger partial charge is 0.353 e. The number of nitrogens with one attached hydrogen (secondary N) is 1. The molecule has 0 saturated carbocycles. The third-order valence-corrected chi connectivity index (χ3v) is 3.72. The number of hydrogen-bond donors (Lipinski definition) is 1. The van der Waals surface area contributed by atoms with E-state index in [9.17, 15) is 4.79 Å². The summed E-state index contributed by atoms with van der Waals surface area (Å²) in [5, 5.41) is 3.07. The summed E-state index contributed by atoms with van der Waals surface area (Å²) in [6.45, 7) is 7.22. The van der Waals surface area contributed by atoms with Crippen molar-refractivity contribution in [3.63, 3.8) is 0 Å². The number of rotatable bonds is 6. The Kier molecular flexibility index (Phi) is 5.53. The molecule has 1 aromatic rings. The quantitative estimate of drug-likeness (QED) is 0.863. The van der Waals surface area contributed by atoms with E-state index >= 15 is 0 Å². The first-order valence-electron chi connectivity index (χ1n) is 7.58. The van der Waals surface area contributed by atoms with E-state index in [2.05, 4.69) is 15.2 Å². The van der Waals surface area contributed by atoms with Gasteiger partial charge in [-0.25, -0.2) is 0 Å². The molecule has 1 atom stereocenters. The molecule has 0 radical (unpaired) electrons. The van der Waals surface area contributed by atoms with Crippen LogP contribution in [0.15, 0.2) is 18.2 Å². The number of hydrogen-bond acceptors (Lipinski definition) is 3. The van der Waals surface area contributed by atoms with E-state index in [1.165, 1.54) is 12.8 Å². The maximum absolute atomic E-state index is 11.9. The van der Waals surface area contributed by atoms with Crippen LogP contribution in [0.4, 0.5) is 0 Å². The lowest BCUT2D eigenvalue weighted by Crippen LogP contribution is -2.36. The van der Waals surface area contributed by atoms with Gasteiger partial charge in [-0.1, -0.05) is 6.07 Å². The van der Waals surface area contributed by atoms with Crippen molar-refractivity contribution in [1.29, 1.82) is 0 Å². The maximum Gasteiger partial charge on any atom is 0.221 e. The fourth-order valence-corrected chi connectivity index (χ4v) is 2.69. The van der Waals surface area contributed by atoms with E-state index in [-0.39, 0.29) is 11.9 Å². The van der Waals surface area contributed by atoms with Gasteiger partial charge in [0.05, 0.1) is 0 Å². The molecule has 1 fully saturated rings. The minimum absolute atomic E-state index is 0.135. The van der Waals surface area contributed by atoms with Gasteiger partial charge in [0.25, 0.3) is 0 Å². The number of aryl methyl sites for hydroxylation is 1. The first-order chi connectivity index (χ1) is 9.63. The Morgan fingerprint density at radius 1 is 1.40 bits per heavy atom. The summed E-state index contributed by atoms with van der Waals surface area (Å²) < 4.78 is 0. The number of carbonyl (C=O) groups is 1. The lowest BCUT2D eigenvalue weighted by atomic mass is 10.1. The Balaban J connectivity index is 1.70. The summed E-state index contributed by atoms with van der Waals surface area (Å²) in [5.41, 5.74) is 2.06. The standard InChI is InChI=1S/C16H25N3O/c1-13-6-5-7-15(17-13)12-14(2)18-16(20)8-11-19-9-3-4-10-19/h5-7,14H,3-4,8-12H2,1-2H3,(H,18,20)/t14-/m0/s1. The zero-order valence-electron chi connectivity index (χ0n) is 12.6. The van der Waals surface area contributed by atoms with Crippen LogP contribution in [0.5, 0.6) is 0 Å². The molecule has 0 bridgehead atoms. The summed E-state index contributed by atoms with van der Waals surface area (Å²) in [6, 6.07) is 6.15. The summed E-state index contributed by atoms with van der Waals surface area (Å²) >= 11 is 0. The first kappa shape index (κ1) is 15.0. The molecule has 1 aliphatic rings. The van der Waals surface area contributed by atoms with Crippen molar-refractivity contribution in [2.24, 2.45) is 0 Å². The first-order valence-corrected chi connectivity index (χ1v) is 7.58. The average molecular weight is 275 g/mol. The molecule has 1 amide bonds. The van der Waals surface area contributed by atoms with Crippen molar-refractivity contribution >= 4 is 5.91 Å². The number of nitrogens with zero attached hydrogens (tertiary/aromatic N) is 2. The van der Waals surface area contributed by atoms with Gasteiger partial charge in [-0.15, -0.1) is 0 Å². The summed E-state index contributed by atoms with van der Waals surface area (Å²) in [4.78, 5) is 18.7. The molecule has 0 unspecified atom stereocenters. The van der Waals surface area contributed by atoms with Gasteiger partial charge in [-0.05, 0) is 51.9 Å². The second kappa shape index (κ2) is 7.39. The molecule has 0 spiro atoms. The Labute approximate surface area is 121 Å². The molecule has 110 valence electrons. The van der Waals surface area contributed by atoms with Crippen molar-refractivity contribution in [2.75, 3.05) is 19.6 Å². The normalized spacial score (nSPS) is 17.1. The van der Waals surface area contributed by atoms with Crippen molar-refractivity contribution < 1.29 is 4.79 Å². The van der Waals surface area contributed by atoms with Crippen LogP contribution in [0.25, 0.3) is 0 Å². The Bertz CT molecular complexity index is 441. The van der Waals surface area contributed by atoms with Crippen molar-refractivity contribution in [1.82, 2.24) is 15.2 Å². The minimum atomic E-state index is 0.135. The lowest BCUT2D eigenvalue weighted by molar-refractivity contribution is -0.121. The molecule has 1 aliphatic heterocycles. The van der Waals surface area contributed by atoms with Crippen LogP contribution in [-0.4, -0.2) is 41.5 Å². The molecular weight excluding hydrogens is 250 g/mol. The Hall–Kier alpha value is -1.42. The molecule has 2 rings (SSSR count). The van der Waals surface area contributed by atoms with Gasteiger partial charge in [-0.3, -0.25) is 9.78 Å². The number of likely N-dealkylation sites (tertiary alicyclic amines) is 1. The molecule has 1 aromatic heterocycles. The number of pyridine rings is 1. The third kappa shape index (κ3) is 4.93. The highest BCUT2D eigenvalue weighted by molar-refractivity contribution is 5.76. The molecule has 2 heterocycles. The highest BCUT2D eigenvalue weighted by Crippen LogP contribution is 2.07. The summed E-state index contributed by atoms with van der Waals surface area (Å²) in [6.07, 6.45) is 3.94. The molecule has 4 heteroatoms. The topological polar surface area (TPSA) is 45.2 Å². The van der Waals surface area contributed by atoms with Crippen LogP contribution < -0.4 is 5.32 Å². The Morgan fingerprint density at radius 2 is 2.15 bits per heavy atom. The van der Waals surface area contributed by atoms with Crippen LogP contribution in [0.2, 0.25) is 0 Å². The SMILES string of the molecule is Cc1cccc(C[C@H](C)NC(=O)CCN2CCCC2)n1. The lowest BCUT2D eigenvalue weighted by Gasteiger charge is -2.17. The van der Waals surface area contributed by atoms with Crippen LogP contribution in [-0.2, 0) is 11.2 Å². The predicted molar refractivity (Wildman–Crippen MR) is 80.6 cm³/mol. The van der Waals surface area contributed by atoms with Crippen LogP contribution in [0.1, 0.15) is 37.6 Å². The van der Waals surface area contributed by atoms with Gasteiger partial charge in [-0.2, -0.15) is 0 Å². The number of carbonyl (C=O) groups excluding carboxylic acids is 1. The van der Waals surface area contributed by atoms with Gasteiger partial charge < -0.3 is 10.2 Å². The van der Waals surface area contributed by atoms with Gasteiger partial charge in [0.15, 0.2) is 0 Å². The van der Waals surface area contributed by atoms with Gasteiger partial charge in [0.2, 0.25) is 5.91 Å². The zero-order valence-corrected chi connectivity index (χ0v) is 12.6. The second-order valence-electron chi connectivity index (χ2n) is 5.74. The smallest absolute Gasteiger partial charge is 0.221 e. The zero-order chi connectivity index (χ0) is 14.4. The monoisotopic (exact) mass is 275 g/mol. The van der Waals surface area contributed by atoms with E-state index in [0.717, 1.165) is 37.4 Å². The molecule has 1 N–H and O–H groups in total. The summed E-state index contributed by atoms with van der Waals surface area (Å²) in [5.74, 6) is 0.150. The molecular formula is C16H25N3O. The number of aromatic nitrogens is 1. The maximum atomic E-state index is 11.9. The van der Waals surface area contributed by atoms with Crippen molar-refractivity contribution in [3.05, 3.63) is 29.6 Å². The molecule has 4 nitrogen and oxygen atoms in total. The fourth-order valence-electron chi connectivity index (χ4n) is 2.69. The molecule has 20 heavy (non-hydrogen) atoms. The Morgan fingerprint density at radius 3 is 2.85 bits per heavy atom. The second-order valence-corrected chi connectivity index (χ2v) is 5.74. The van der Waals surface area contributed by atoms with E-state index in [4.69, 9.17) is 0 Å². The van der Waals surface area contributed by atoms with Gasteiger partial charge in [0, 0.05) is 36.8 Å². The predicted octanol–water partition coefficient (Wildman–Crippen LogP) is 1.92. The van der Waals surface area contributed by atoms with Gasteiger partial charge in [0.1, 0.15) is 0 Å². The average Bonchev–Trinajstić information content (AvgIpc) is 2.89. The summed E-state index contributed by atoms with van der Waals surface area (Å²) in [7, 11) is 0. The minimum Gasteiger partial charge on any atom is -0.353 e. The van der Waals surface area contributed by atoms with E-state index in [1.54, 1.807) is 0 Å². The highest BCUT2D eigenvalue weighted by Gasteiger charge is 2.14. The third-order valence-electron chi connectivity index (χ3n) is 3.72. The van der Waals surface area contributed by atoms with Crippen LogP contribution >= 0.6 is 0 Å². The number of amides is 1. The van der Waals surface area contributed by atoms with E-state index in [0.29, 0.717) is 6.42 Å². The fraction of sp³-hybridized carbons (Fsp3) is 0.625. The van der Waals surface area contributed by atoms with Crippen LogP contribution in [0.3, 0.4) is 0 Å². The van der Waals surface area contributed by atoms with Crippen molar-refractivity contribution in [3.8, 4) is 0 Å². The van der Waals surface area contributed by atoms with Crippen molar-refractivity contribution in [2.45, 2.75) is 45.6 Å². The van der Waals surface area contributed by atoms with Gasteiger partial charge >= 0.3 is 0 Å². The van der Waals surface area contributed by atoms with E-state index in [1.807, 2.05) is 32.0 Å². The molecule has 0 aromatic carbocycles.